The number of nitrogens with zero attached hydrogens (tertiary/aromatic N) is 2. The van der Waals surface area contributed by atoms with Crippen LogP contribution in [0.3, 0.4) is 0 Å². The van der Waals surface area contributed by atoms with E-state index in [1.54, 1.807) is 0 Å². The molecule has 4 atom stereocenters. The molecule has 0 aromatic carbocycles. The van der Waals surface area contributed by atoms with Crippen molar-refractivity contribution in [1.29, 1.82) is 0 Å². The zero-order valence-electron chi connectivity index (χ0n) is 11.8. The standard InChI is InChI=1S/C14H24N2O2/c1-5-9(3)11-7-17-13(15-11)14-16-12(8-18-14)10(4)6-2/h9-12H,5-8H2,1-4H3/t9-,10-,11+,12+/m0/s1. The Labute approximate surface area is 109 Å². The second-order valence-corrected chi connectivity index (χ2v) is 5.40. The van der Waals surface area contributed by atoms with Crippen molar-refractivity contribution in [3.63, 3.8) is 0 Å². The number of ether oxygens (including phenoxy) is 2. The summed E-state index contributed by atoms with van der Waals surface area (Å²) in [5.74, 6) is 2.34. The molecule has 0 saturated heterocycles. The first kappa shape index (κ1) is 13.4. The maximum atomic E-state index is 5.63. The largest absolute Gasteiger partial charge is 0.472 e. The summed E-state index contributed by atoms with van der Waals surface area (Å²) in [4.78, 5) is 9.20. The van der Waals surface area contributed by atoms with E-state index >= 15 is 0 Å². The normalized spacial score (nSPS) is 30.2. The van der Waals surface area contributed by atoms with Crippen molar-refractivity contribution in [3.8, 4) is 0 Å². The van der Waals surface area contributed by atoms with Gasteiger partial charge in [-0.1, -0.05) is 40.5 Å². The van der Waals surface area contributed by atoms with E-state index in [-0.39, 0.29) is 12.1 Å². The van der Waals surface area contributed by atoms with Crippen molar-refractivity contribution >= 4 is 11.8 Å². The topological polar surface area (TPSA) is 43.2 Å². The first-order valence-corrected chi connectivity index (χ1v) is 7.07. The molecule has 4 nitrogen and oxygen atoms in total. The minimum Gasteiger partial charge on any atom is -0.472 e. The van der Waals surface area contributed by atoms with Gasteiger partial charge in [-0.05, 0) is 11.8 Å². The monoisotopic (exact) mass is 252 g/mol. The van der Waals surface area contributed by atoms with E-state index in [1.165, 1.54) is 0 Å². The highest BCUT2D eigenvalue weighted by atomic mass is 16.5. The Balaban J connectivity index is 2.01. The lowest BCUT2D eigenvalue weighted by Gasteiger charge is -2.11. The van der Waals surface area contributed by atoms with Crippen LogP contribution in [0.2, 0.25) is 0 Å². The molecule has 0 unspecified atom stereocenters. The summed E-state index contributed by atoms with van der Waals surface area (Å²) < 4.78 is 11.3. The Morgan fingerprint density at radius 2 is 1.33 bits per heavy atom. The quantitative estimate of drug-likeness (QED) is 0.755. The molecule has 0 aliphatic carbocycles. The molecule has 2 rings (SSSR count). The molecule has 0 amide bonds. The number of hydrogen-bond acceptors (Lipinski definition) is 4. The fourth-order valence-corrected chi connectivity index (χ4v) is 2.14. The zero-order chi connectivity index (χ0) is 13.1. The second kappa shape index (κ2) is 5.72. The van der Waals surface area contributed by atoms with E-state index in [2.05, 4.69) is 37.7 Å². The van der Waals surface area contributed by atoms with Gasteiger partial charge in [0.05, 0.1) is 12.1 Å². The average Bonchev–Trinajstić information content (AvgIpc) is 3.04. The molecule has 0 fully saturated rings. The summed E-state index contributed by atoms with van der Waals surface area (Å²) >= 11 is 0. The third-order valence-corrected chi connectivity index (χ3v) is 4.13. The van der Waals surface area contributed by atoms with Crippen LogP contribution in [0, 0.1) is 11.8 Å². The Hall–Kier alpha value is -1.06. The van der Waals surface area contributed by atoms with E-state index in [4.69, 9.17) is 9.47 Å². The third-order valence-electron chi connectivity index (χ3n) is 4.13. The Morgan fingerprint density at radius 3 is 1.67 bits per heavy atom. The van der Waals surface area contributed by atoms with Gasteiger partial charge < -0.3 is 9.47 Å². The van der Waals surface area contributed by atoms with Crippen molar-refractivity contribution in [3.05, 3.63) is 0 Å². The maximum absolute atomic E-state index is 5.63. The van der Waals surface area contributed by atoms with Crippen LogP contribution < -0.4 is 0 Å². The van der Waals surface area contributed by atoms with E-state index in [1.807, 2.05) is 0 Å². The van der Waals surface area contributed by atoms with E-state index < -0.39 is 0 Å². The van der Waals surface area contributed by atoms with Crippen molar-refractivity contribution in [1.82, 2.24) is 0 Å². The highest BCUT2D eigenvalue weighted by Crippen LogP contribution is 2.21. The number of hydrogen-bond donors (Lipinski definition) is 0. The van der Waals surface area contributed by atoms with Gasteiger partial charge in [-0.2, -0.15) is 0 Å². The molecule has 2 heterocycles. The fourth-order valence-electron chi connectivity index (χ4n) is 2.14. The Morgan fingerprint density at radius 1 is 0.944 bits per heavy atom. The van der Waals surface area contributed by atoms with Gasteiger partial charge in [-0.25, -0.2) is 9.98 Å². The molecule has 102 valence electrons. The lowest BCUT2D eigenvalue weighted by Crippen LogP contribution is -2.16. The minimum absolute atomic E-state index is 0.263. The molecule has 0 saturated carbocycles. The smallest absolute Gasteiger partial charge is 0.273 e. The zero-order valence-corrected chi connectivity index (χ0v) is 11.8. The predicted octanol–water partition coefficient (Wildman–Crippen LogP) is 2.67. The van der Waals surface area contributed by atoms with Crippen LogP contribution in [-0.2, 0) is 9.47 Å². The first-order valence-electron chi connectivity index (χ1n) is 7.07. The minimum atomic E-state index is 0.263. The average molecular weight is 252 g/mol. The molecule has 18 heavy (non-hydrogen) atoms. The lowest BCUT2D eigenvalue weighted by atomic mass is 10.0. The van der Waals surface area contributed by atoms with Crippen LogP contribution in [0.15, 0.2) is 9.98 Å². The lowest BCUT2D eigenvalue weighted by molar-refractivity contribution is 0.265. The van der Waals surface area contributed by atoms with Crippen molar-refractivity contribution < 1.29 is 9.47 Å². The van der Waals surface area contributed by atoms with Crippen LogP contribution in [0.4, 0.5) is 0 Å². The van der Waals surface area contributed by atoms with Crippen molar-refractivity contribution in [2.45, 2.75) is 52.6 Å². The highest BCUT2D eigenvalue weighted by molar-refractivity contribution is 6.36. The van der Waals surface area contributed by atoms with Crippen LogP contribution in [-0.4, -0.2) is 37.1 Å². The van der Waals surface area contributed by atoms with Crippen molar-refractivity contribution in [2.75, 3.05) is 13.2 Å². The summed E-state index contributed by atoms with van der Waals surface area (Å²) in [5.41, 5.74) is 0. The summed E-state index contributed by atoms with van der Waals surface area (Å²) in [5, 5.41) is 0. The molecule has 0 radical (unpaired) electrons. The van der Waals surface area contributed by atoms with Crippen LogP contribution in [0.5, 0.6) is 0 Å². The molecule has 2 aliphatic heterocycles. The van der Waals surface area contributed by atoms with Gasteiger partial charge in [-0.3, -0.25) is 0 Å². The van der Waals surface area contributed by atoms with E-state index in [0.29, 0.717) is 36.8 Å². The number of aliphatic imine (C=N–C) groups is 2. The maximum Gasteiger partial charge on any atom is 0.273 e. The van der Waals surface area contributed by atoms with Crippen LogP contribution in [0.25, 0.3) is 0 Å². The Kier molecular flexibility index (Phi) is 4.25. The van der Waals surface area contributed by atoms with Gasteiger partial charge in [0.2, 0.25) is 0 Å². The van der Waals surface area contributed by atoms with Gasteiger partial charge in [0, 0.05) is 0 Å². The molecule has 2 aliphatic rings. The second-order valence-electron chi connectivity index (χ2n) is 5.40. The van der Waals surface area contributed by atoms with E-state index in [0.717, 1.165) is 12.8 Å². The van der Waals surface area contributed by atoms with Gasteiger partial charge in [0.1, 0.15) is 13.2 Å². The summed E-state index contributed by atoms with van der Waals surface area (Å²) in [6.45, 7) is 10.1. The number of rotatable bonds is 5. The predicted molar refractivity (Wildman–Crippen MR) is 73.3 cm³/mol. The summed E-state index contributed by atoms with van der Waals surface area (Å²) in [7, 11) is 0. The van der Waals surface area contributed by atoms with Crippen LogP contribution >= 0.6 is 0 Å². The van der Waals surface area contributed by atoms with Gasteiger partial charge in [0.15, 0.2) is 0 Å². The molecule has 0 bridgehead atoms. The van der Waals surface area contributed by atoms with Gasteiger partial charge in [-0.15, -0.1) is 0 Å². The van der Waals surface area contributed by atoms with E-state index in [9.17, 15) is 0 Å². The first-order chi connectivity index (χ1) is 8.65. The SMILES string of the molecule is CC[C@H](C)[C@H]1COC(C2=N[C@@H]([C@@H](C)CC)CO2)=N1. The van der Waals surface area contributed by atoms with Crippen LogP contribution in [0.1, 0.15) is 40.5 Å². The van der Waals surface area contributed by atoms with Gasteiger partial charge >= 0.3 is 0 Å². The molecular weight excluding hydrogens is 228 g/mol. The molecule has 0 spiro atoms. The Bertz CT molecular complexity index is 318. The molecule has 0 N–H and O–H groups in total. The molecular formula is C14H24N2O2. The van der Waals surface area contributed by atoms with Gasteiger partial charge in [0.25, 0.3) is 11.8 Å². The molecule has 0 aromatic rings. The summed E-state index contributed by atoms with van der Waals surface area (Å²) in [6, 6.07) is 0.526. The third kappa shape index (κ3) is 2.68. The molecule has 4 heteroatoms. The molecule has 0 aromatic heterocycles. The highest BCUT2D eigenvalue weighted by Gasteiger charge is 2.32. The summed E-state index contributed by atoms with van der Waals surface area (Å²) in [6.07, 6.45) is 2.24. The van der Waals surface area contributed by atoms with Crippen molar-refractivity contribution in [2.24, 2.45) is 21.8 Å². The fraction of sp³-hybridized carbons (Fsp3) is 0.857.